The molecule has 1 aromatic carbocycles. The van der Waals surface area contributed by atoms with Gasteiger partial charge in [-0.25, -0.2) is 0 Å². The first-order valence-corrected chi connectivity index (χ1v) is 5.71. The van der Waals surface area contributed by atoms with Crippen LogP contribution < -0.4 is 0 Å². The lowest BCUT2D eigenvalue weighted by Crippen LogP contribution is -1.91. The molecule has 0 heterocycles. The SMILES string of the molecule is CC(C=CCC(=O)O)=CC(C)c1ccccc1. The molecule has 0 radical (unpaired) electrons. The molecule has 2 nitrogen and oxygen atoms in total. The monoisotopic (exact) mass is 230 g/mol. The smallest absolute Gasteiger partial charge is 0.307 e. The van der Waals surface area contributed by atoms with E-state index >= 15 is 0 Å². The maximum absolute atomic E-state index is 10.4. The molecule has 2 heteroatoms. The van der Waals surface area contributed by atoms with Gasteiger partial charge in [0.25, 0.3) is 0 Å². The van der Waals surface area contributed by atoms with Crippen LogP contribution in [-0.2, 0) is 4.79 Å². The summed E-state index contributed by atoms with van der Waals surface area (Å²) in [5, 5.41) is 8.52. The van der Waals surface area contributed by atoms with E-state index in [4.69, 9.17) is 5.11 Å². The van der Waals surface area contributed by atoms with Crippen LogP contribution in [0.1, 0.15) is 31.7 Å². The number of hydrogen-bond donors (Lipinski definition) is 1. The van der Waals surface area contributed by atoms with E-state index in [0.717, 1.165) is 5.57 Å². The van der Waals surface area contributed by atoms with Crippen LogP contribution in [0, 0.1) is 0 Å². The van der Waals surface area contributed by atoms with Crippen LogP contribution in [0.15, 0.2) is 54.1 Å². The quantitative estimate of drug-likeness (QED) is 0.782. The van der Waals surface area contributed by atoms with Crippen molar-refractivity contribution in [3.8, 4) is 0 Å². The van der Waals surface area contributed by atoms with Gasteiger partial charge in [-0.1, -0.05) is 61.1 Å². The first kappa shape index (κ1) is 13.2. The minimum Gasteiger partial charge on any atom is -0.481 e. The lowest BCUT2D eigenvalue weighted by atomic mass is 9.99. The summed E-state index contributed by atoms with van der Waals surface area (Å²) >= 11 is 0. The summed E-state index contributed by atoms with van der Waals surface area (Å²) in [7, 11) is 0. The van der Waals surface area contributed by atoms with Crippen molar-refractivity contribution < 1.29 is 9.90 Å². The highest BCUT2D eigenvalue weighted by Gasteiger charge is 2.00. The van der Waals surface area contributed by atoms with Crippen molar-refractivity contribution in [2.24, 2.45) is 0 Å². The summed E-state index contributed by atoms with van der Waals surface area (Å²) in [4.78, 5) is 10.4. The molecule has 1 aromatic rings. The van der Waals surface area contributed by atoms with E-state index in [1.54, 1.807) is 6.08 Å². The second kappa shape index (κ2) is 6.69. The zero-order valence-electron chi connectivity index (χ0n) is 10.3. The molecule has 0 saturated carbocycles. The minimum absolute atomic E-state index is 0.0743. The molecule has 90 valence electrons. The molecule has 0 aliphatic carbocycles. The van der Waals surface area contributed by atoms with Crippen molar-refractivity contribution >= 4 is 5.97 Å². The Labute approximate surface area is 102 Å². The second-order valence-electron chi connectivity index (χ2n) is 4.11. The highest BCUT2D eigenvalue weighted by atomic mass is 16.4. The average molecular weight is 230 g/mol. The van der Waals surface area contributed by atoms with E-state index in [2.05, 4.69) is 25.1 Å². The van der Waals surface area contributed by atoms with Crippen LogP contribution in [0.5, 0.6) is 0 Å². The van der Waals surface area contributed by atoms with E-state index in [-0.39, 0.29) is 6.42 Å². The van der Waals surface area contributed by atoms with Crippen LogP contribution in [0.25, 0.3) is 0 Å². The Kier molecular flexibility index (Phi) is 5.21. The molecule has 0 bridgehead atoms. The van der Waals surface area contributed by atoms with Crippen LogP contribution in [0.4, 0.5) is 0 Å². The number of carboxylic acid groups (broad SMARTS) is 1. The van der Waals surface area contributed by atoms with Crippen molar-refractivity contribution in [2.45, 2.75) is 26.2 Å². The van der Waals surface area contributed by atoms with Crippen molar-refractivity contribution in [2.75, 3.05) is 0 Å². The summed E-state index contributed by atoms with van der Waals surface area (Å²) < 4.78 is 0. The lowest BCUT2D eigenvalue weighted by molar-refractivity contribution is -0.135. The molecular formula is C15H18O2. The zero-order chi connectivity index (χ0) is 12.7. The Morgan fingerprint density at radius 3 is 2.59 bits per heavy atom. The van der Waals surface area contributed by atoms with Crippen LogP contribution >= 0.6 is 0 Å². The number of hydrogen-bond acceptors (Lipinski definition) is 1. The van der Waals surface area contributed by atoms with Crippen LogP contribution in [-0.4, -0.2) is 11.1 Å². The van der Waals surface area contributed by atoms with E-state index < -0.39 is 5.97 Å². The second-order valence-corrected chi connectivity index (χ2v) is 4.11. The minimum atomic E-state index is -0.801. The number of benzene rings is 1. The molecule has 1 unspecified atom stereocenters. The van der Waals surface area contributed by atoms with Gasteiger partial charge in [-0.05, 0) is 18.4 Å². The number of rotatable bonds is 5. The molecule has 1 rings (SSSR count). The van der Waals surface area contributed by atoms with Gasteiger partial charge >= 0.3 is 5.97 Å². The fourth-order valence-electron chi connectivity index (χ4n) is 1.65. The van der Waals surface area contributed by atoms with Gasteiger partial charge < -0.3 is 5.11 Å². The molecule has 1 N–H and O–H groups in total. The molecule has 0 aromatic heterocycles. The third kappa shape index (κ3) is 5.16. The van der Waals surface area contributed by atoms with Crippen LogP contribution in [0.2, 0.25) is 0 Å². The van der Waals surface area contributed by atoms with Crippen molar-refractivity contribution in [1.82, 2.24) is 0 Å². The van der Waals surface area contributed by atoms with Gasteiger partial charge in [0.1, 0.15) is 0 Å². The van der Waals surface area contributed by atoms with Gasteiger partial charge in [0.2, 0.25) is 0 Å². The number of carboxylic acids is 1. The maximum Gasteiger partial charge on any atom is 0.307 e. The Balaban J connectivity index is 2.62. The lowest BCUT2D eigenvalue weighted by Gasteiger charge is -2.07. The Bertz CT molecular complexity index is 416. The Morgan fingerprint density at radius 2 is 2.00 bits per heavy atom. The van der Waals surface area contributed by atoms with Gasteiger partial charge in [-0.15, -0.1) is 0 Å². The largest absolute Gasteiger partial charge is 0.481 e. The first-order chi connectivity index (χ1) is 8.09. The zero-order valence-corrected chi connectivity index (χ0v) is 10.3. The third-order valence-corrected chi connectivity index (χ3v) is 2.51. The normalized spacial score (nSPS) is 13.9. The molecule has 1 atom stereocenters. The average Bonchev–Trinajstić information content (AvgIpc) is 2.29. The summed E-state index contributed by atoms with van der Waals surface area (Å²) in [6, 6.07) is 10.2. The molecule has 0 saturated heterocycles. The summed E-state index contributed by atoms with van der Waals surface area (Å²) in [6.45, 7) is 4.11. The first-order valence-electron chi connectivity index (χ1n) is 5.71. The molecule has 0 aliphatic rings. The highest BCUT2D eigenvalue weighted by Crippen LogP contribution is 2.18. The predicted octanol–water partition coefficient (Wildman–Crippen LogP) is 3.77. The standard InChI is InChI=1S/C15H18O2/c1-12(7-6-10-15(16)17)11-13(2)14-8-4-3-5-9-14/h3-9,11,13H,10H2,1-2H3,(H,16,17). The van der Waals surface area contributed by atoms with Gasteiger partial charge in [0, 0.05) is 0 Å². The summed E-state index contributed by atoms with van der Waals surface area (Å²) in [6.07, 6.45) is 5.73. The van der Waals surface area contributed by atoms with Gasteiger partial charge in [-0.2, -0.15) is 0 Å². The fraction of sp³-hybridized carbons (Fsp3) is 0.267. The molecule has 17 heavy (non-hydrogen) atoms. The van der Waals surface area contributed by atoms with Crippen LogP contribution in [0.3, 0.4) is 0 Å². The predicted molar refractivity (Wildman–Crippen MR) is 70.0 cm³/mol. The van der Waals surface area contributed by atoms with Crippen molar-refractivity contribution in [1.29, 1.82) is 0 Å². The van der Waals surface area contributed by atoms with Crippen molar-refractivity contribution in [3.05, 3.63) is 59.7 Å². The highest BCUT2D eigenvalue weighted by molar-refractivity contribution is 5.68. The van der Waals surface area contributed by atoms with Gasteiger partial charge in [0.15, 0.2) is 0 Å². The number of allylic oxidation sites excluding steroid dienone is 3. The van der Waals surface area contributed by atoms with E-state index in [1.165, 1.54) is 5.56 Å². The molecule has 0 amide bonds. The molecule has 0 aliphatic heterocycles. The Hall–Kier alpha value is -1.83. The van der Waals surface area contributed by atoms with E-state index in [0.29, 0.717) is 5.92 Å². The maximum atomic E-state index is 10.4. The molecular weight excluding hydrogens is 212 g/mol. The Morgan fingerprint density at radius 1 is 1.35 bits per heavy atom. The molecule has 0 spiro atoms. The summed E-state index contributed by atoms with van der Waals surface area (Å²) in [5.74, 6) is -0.462. The third-order valence-electron chi connectivity index (χ3n) is 2.51. The topological polar surface area (TPSA) is 37.3 Å². The van der Waals surface area contributed by atoms with E-state index in [9.17, 15) is 4.79 Å². The number of aliphatic carboxylic acids is 1. The van der Waals surface area contributed by atoms with Gasteiger partial charge in [-0.3, -0.25) is 4.79 Å². The van der Waals surface area contributed by atoms with Crippen molar-refractivity contribution in [3.63, 3.8) is 0 Å². The summed E-state index contributed by atoms with van der Waals surface area (Å²) in [5.41, 5.74) is 2.35. The number of carbonyl (C=O) groups is 1. The van der Waals surface area contributed by atoms with E-state index in [1.807, 2.05) is 31.2 Å². The molecule has 0 fully saturated rings. The van der Waals surface area contributed by atoms with Gasteiger partial charge in [0.05, 0.1) is 6.42 Å². The fourth-order valence-corrected chi connectivity index (χ4v) is 1.65.